The minimum Gasteiger partial charge on any atom is -0.449 e. The lowest BCUT2D eigenvalue weighted by molar-refractivity contribution is 0.0388. The maximum Gasteiger partial charge on any atom is 0.407 e. The second kappa shape index (κ2) is 5.33. The Morgan fingerprint density at radius 3 is 2.60 bits per heavy atom. The molecule has 20 heavy (non-hydrogen) atoms. The first kappa shape index (κ1) is 14.7. The first-order valence-electron chi connectivity index (χ1n) is 6.48. The fraction of sp³-hybridized carbons (Fsp3) is 0.312. The molecule has 2 aromatic rings. The van der Waals surface area contributed by atoms with Gasteiger partial charge in [0.05, 0.1) is 6.04 Å². The average molecular weight is 292 g/mol. The third-order valence-electron chi connectivity index (χ3n) is 3.73. The average Bonchev–Trinajstić information content (AvgIpc) is 2.41. The number of cyclic esters (lactones) is 1. The molecule has 1 aliphatic rings. The third-order valence-corrected chi connectivity index (χ3v) is 3.73. The second-order valence-electron chi connectivity index (χ2n) is 5.75. The van der Waals surface area contributed by atoms with Gasteiger partial charge in [0.25, 0.3) is 0 Å². The number of amides is 1. The normalized spacial score (nSPS) is 20.7. The van der Waals surface area contributed by atoms with E-state index in [0.717, 1.165) is 5.56 Å². The highest BCUT2D eigenvalue weighted by molar-refractivity contribution is 5.85. The Bertz CT molecular complexity index is 639. The Hall–Kier alpha value is -1.74. The van der Waals surface area contributed by atoms with Crippen LogP contribution < -0.4 is 5.32 Å². The molecule has 3 rings (SSSR count). The van der Waals surface area contributed by atoms with Gasteiger partial charge in [0, 0.05) is 5.41 Å². The summed E-state index contributed by atoms with van der Waals surface area (Å²) in [4.78, 5) is 11.5. The van der Waals surface area contributed by atoms with E-state index in [1.807, 2.05) is 12.1 Å². The van der Waals surface area contributed by atoms with Crippen molar-refractivity contribution in [3.63, 3.8) is 0 Å². The summed E-state index contributed by atoms with van der Waals surface area (Å²) < 4.78 is 5.08. The van der Waals surface area contributed by atoms with Crippen LogP contribution in [-0.4, -0.2) is 12.7 Å². The first-order valence-corrected chi connectivity index (χ1v) is 6.48. The molecule has 0 saturated carbocycles. The van der Waals surface area contributed by atoms with Crippen LogP contribution in [0.15, 0.2) is 42.5 Å². The Labute approximate surface area is 124 Å². The summed E-state index contributed by atoms with van der Waals surface area (Å²) in [6.07, 6.45) is -0.336. The van der Waals surface area contributed by atoms with E-state index < -0.39 is 0 Å². The largest absolute Gasteiger partial charge is 0.449 e. The zero-order chi connectivity index (χ0) is 13.5. The number of rotatable bonds is 1. The van der Waals surface area contributed by atoms with Crippen LogP contribution in [0.5, 0.6) is 0 Å². The van der Waals surface area contributed by atoms with Gasteiger partial charge in [-0.15, -0.1) is 12.4 Å². The van der Waals surface area contributed by atoms with E-state index in [0.29, 0.717) is 6.61 Å². The molecule has 3 nitrogen and oxygen atoms in total. The highest BCUT2D eigenvalue weighted by atomic mass is 35.5. The lowest BCUT2D eigenvalue weighted by Gasteiger charge is -2.38. The van der Waals surface area contributed by atoms with E-state index in [4.69, 9.17) is 4.74 Å². The highest BCUT2D eigenvalue weighted by Gasteiger charge is 2.37. The number of hydrogen-bond donors (Lipinski definition) is 1. The number of benzene rings is 2. The maximum absolute atomic E-state index is 11.5. The molecule has 1 amide bonds. The lowest BCUT2D eigenvalue weighted by Crippen LogP contribution is -2.46. The van der Waals surface area contributed by atoms with Crippen molar-refractivity contribution in [3.05, 3.63) is 48.0 Å². The summed E-state index contributed by atoms with van der Waals surface area (Å²) in [6, 6.07) is 14.6. The number of carbonyl (C=O) groups excluding carboxylic acids is 1. The van der Waals surface area contributed by atoms with E-state index in [9.17, 15) is 4.79 Å². The molecule has 4 heteroatoms. The fourth-order valence-corrected chi connectivity index (χ4v) is 2.61. The Morgan fingerprint density at radius 1 is 1.15 bits per heavy atom. The van der Waals surface area contributed by atoms with Gasteiger partial charge in [0.15, 0.2) is 0 Å². The van der Waals surface area contributed by atoms with E-state index >= 15 is 0 Å². The Kier molecular flexibility index (Phi) is 3.91. The van der Waals surface area contributed by atoms with E-state index in [-0.39, 0.29) is 30.0 Å². The smallest absolute Gasteiger partial charge is 0.407 e. The van der Waals surface area contributed by atoms with Crippen LogP contribution in [0.4, 0.5) is 4.79 Å². The standard InChI is InChI=1S/C16H17NO2.ClH/c1-16(2)10-19-15(18)17-14(16)13-8-7-11-5-3-4-6-12(11)9-13;/h3-9,14H,10H2,1-2H3,(H,17,18);1H/t14-;/m0./s1. The number of carbonyl (C=O) groups is 1. The maximum atomic E-state index is 11.5. The van der Waals surface area contributed by atoms with Crippen LogP contribution in [0.3, 0.4) is 0 Å². The molecule has 106 valence electrons. The minimum atomic E-state index is -0.336. The molecule has 0 radical (unpaired) electrons. The van der Waals surface area contributed by atoms with Crippen molar-refractivity contribution in [2.75, 3.05) is 6.61 Å². The SMILES string of the molecule is CC1(C)COC(=O)N[C@H]1c1ccc2ccccc2c1.Cl. The van der Waals surface area contributed by atoms with Gasteiger partial charge in [0.1, 0.15) is 6.61 Å². The predicted octanol–water partition coefficient (Wildman–Crippen LogP) is 4.07. The molecule has 1 saturated heterocycles. The summed E-state index contributed by atoms with van der Waals surface area (Å²) in [7, 11) is 0. The molecule has 1 N–H and O–H groups in total. The number of hydrogen-bond acceptors (Lipinski definition) is 2. The third kappa shape index (κ3) is 2.59. The zero-order valence-electron chi connectivity index (χ0n) is 11.6. The van der Waals surface area contributed by atoms with Crippen molar-refractivity contribution in [3.8, 4) is 0 Å². The number of nitrogens with one attached hydrogen (secondary N) is 1. The summed E-state index contributed by atoms with van der Waals surface area (Å²) in [5.74, 6) is 0. The molecule has 2 aromatic carbocycles. The minimum absolute atomic E-state index is 0. The van der Waals surface area contributed by atoms with E-state index in [1.165, 1.54) is 10.8 Å². The van der Waals surface area contributed by atoms with Crippen LogP contribution in [0.25, 0.3) is 10.8 Å². The zero-order valence-corrected chi connectivity index (χ0v) is 12.4. The summed E-state index contributed by atoms with van der Waals surface area (Å²) in [5.41, 5.74) is 1.01. The Morgan fingerprint density at radius 2 is 1.85 bits per heavy atom. The van der Waals surface area contributed by atoms with Crippen molar-refractivity contribution >= 4 is 29.3 Å². The van der Waals surface area contributed by atoms with Gasteiger partial charge < -0.3 is 10.1 Å². The van der Waals surface area contributed by atoms with Crippen LogP contribution >= 0.6 is 12.4 Å². The predicted molar refractivity (Wildman–Crippen MR) is 82.2 cm³/mol. The van der Waals surface area contributed by atoms with Gasteiger partial charge in [-0.1, -0.05) is 50.2 Å². The molecule has 1 aliphatic heterocycles. The topological polar surface area (TPSA) is 38.3 Å². The van der Waals surface area contributed by atoms with Gasteiger partial charge >= 0.3 is 6.09 Å². The molecule has 0 aromatic heterocycles. The molecule has 1 fully saturated rings. The fourth-order valence-electron chi connectivity index (χ4n) is 2.61. The van der Waals surface area contributed by atoms with E-state index in [1.54, 1.807) is 0 Å². The summed E-state index contributed by atoms with van der Waals surface area (Å²) >= 11 is 0. The molecule has 0 spiro atoms. The number of ether oxygens (including phenoxy) is 1. The van der Waals surface area contributed by atoms with E-state index in [2.05, 4.69) is 49.5 Å². The molecular formula is C16H18ClNO2. The van der Waals surface area contributed by atoms with Crippen LogP contribution in [0, 0.1) is 5.41 Å². The van der Waals surface area contributed by atoms with Crippen LogP contribution in [-0.2, 0) is 4.74 Å². The summed E-state index contributed by atoms with van der Waals surface area (Å²) in [6.45, 7) is 4.65. The van der Waals surface area contributed by atoms with Crippen molar-refractivity contribution in [2.45, 2.75) is 19.9 Å². The van der Waals surface area contributed by atoms with Crippen molar-refractivity contribution < 1.29 is 9.53 Å². The highest BCUT2D eigenvalue weighted by Crippen LogP contribution is 2.37. The van der Waals surface area contributed by atoms with Crippen molar-refractivity contribution in [2.24, 2.45) is 5.41 Å². The molecule has 1 atom stereocenters. The van der Waals surface area contributed by atoms with Crippen LogP contribution in [0.2, 0.25) is 0 Å². The number of alkyl carbamates (subject to hydrolysis) is 1. The summed E-state index contributed by atoms with van der Waals surface area (Å²) in [5, 5.41) is 5.33. The van der Waals surface area contributed by atoms with Crippen LogP contribution in [0.1, 0.15) is 25.5 Å². The monoisotopic (exact) mass is 291 g/mol. The molecule has 1 heterocycles. The van der Waals surface area contributed by atoms with Gasteiger partial charge in [0.2, 0.25) is 0 Å². The second-order valence-corrected chi connectivity index (χ2v) is 5.75. The molecular weight excluding hydrogens is 274 g/mol. The Balaban J connectivity index is 0.00000147. The number of fused-ring (bicyclic) bond motifs is 1. The van der Waals surface area contributed by atoms with Gasteiger partial charge in [-0.2, -0.15) is 0 Å². The lowest BCUT2D eigenvalue weighted by atomic mass is 9.80. The van der Waals surface area contributed by atoms with Crippen molar-refractivity contribution in [1.29, 1.82) is 0 Å². The number of halogens is 1. The first-order chi connectivity index (χ1) is 9.06. The van der Waals surface area contributed by atoms with Crippen molar-refractivity contribution in [1.82, 2.24) is 5.32 Å². The molecule has 0 aliphatic carbocycles. The molecule has 0 bridgehead atoms. The van der Waals surface area contributed by atoms with Gasteiger partial charge in [-0.3, -0.25) is 0 Å². The van der Waals surface area contributed by atoms with Gasteiger partial charge in [-0.05, 0) is 22.4 Å². The van der Waals surface area contributed by atoms with Gasteiger partial charge in [-0.25, -0.2) is 4.79 Å². The quantitative estimate of drug-likeness (QED) is 0.860. The molecule has 0 unspecified atom stereocenters.